The van der Waals surface area contributed by atoms with Crippen molar-refractivity contribution >= 4 is 0 Å². The summed E-state index contributed by atoms with van der Waals surface area (Å²) in [5.74, 6) is 0.452. The smallest absolute Gasteiger partial charge is 0.0319 e. The molecule has 0 heterocycles. The zero-order valence-corrected chi connectivity index (χ0v) is 11.6. The highest BCUT2D eigenvalue weighted by Gasteiger charge is 2.12. The first-order valence-electron chi connectivity index (χ1n) is 6.67. The van der Waals surface area contributed by atoms with Crippen LogP contribution in [0.25, 0.3) is 0 Å². The third-order valence-corrected chi connectivity index (χ3v) is 3.70. The summed E-state index contributed by atoms with van der Waals surface area (Å²) in [6.45, 7) is 11.8. The summed E-state index contributed by atoms with van der Waals surface area (Å²) in [5.41, 5.74) is 8.41. The SMILES string of the molecule is CCN(CC)C(C)c1ccc(C(C)CN)cc1. The molecule has 0 aromatic heterocycles. The van der Waals surface area contributed by atoms with Crippen molar-refractivity contribution in [2.45, 2.75) is 39.7 Å². The second-order valence-electron chi connectivity index (χ2n) is 4.70. The van der Waals surface area contributed by atoms with Gasteiger partial charge in [0.05, 0.1) is 0 Å². The van der Waals surface area contributed by atoms with E-state index in [2.05, 4.69) is 56.9 Å². The number of benzene rings is 1. The lowest BCUT2D eigenvalue weighted by atomic mass is 9.98. The van der Waals surface area contributed by atoms with Crippen LogP contribution < -0.4 is 5.73 Å². The fraction of sp³-hybridized carbons (Fsp3) is 0.600. The molecule has 0 aliphatic carbocycles. The Morgan fingerprint density at radius 3 is 1.88 bits per heavy atom. The van der Waals surface area contributed by atoms with Crippen LogP contribution in [0.2, 0.25) is 0 Å². The Balaban J connectivity index is 2.79. The molecule has 1 rings (SSSR count). The average Bonchev–Trinajstić information content (AvgIpc) is 2.39. The van der Waals surface area contributed by atoms with Gasteiger partial charge in [-0.2, -0.15) is 0 Å². The van der Waals surface area contributed by atoms with Gasteiger partial charge < -0.3 is 5.73 Å². The van der Waals surface area contributed by atoms with Crippen molar-refractivity contribution in [2.75, 3.05) is 19.6 Å². The Kier molecular flexibility index (Phi) is 5.66. The fourth-order valence-corrected chi connectivity index (χ4v) is 2.22. The van der Waals surface area contributed by atoms with Crippen molar-refractivity contribution in [3.63, 3.8) is 0 Å². The molecule has 0 fully saturated rings. The van der Waals surface area contributed by atoms with Crippen LogP contribution in [0.15, 0.2) is 24.3 Å². The van der Waals surface area contributed by atoms with E-state index in [0.717, 1.165) is 13.1 Å². The number of rotatable bonds is 6. The number of nitrogens with two attached hydrogens (primary N) is 1. The van der Waals surface area contributed by atoms with Crippen LogP contribution in [0, 0.1) is 0 Å². The number of hydrogen-bond donors (Lipinski definition) is 1. The van der Waals surface area contributed by atoms with Crippen molar-refractivity contribution < 1.29 is 0 Å². The molecule has 0 aliphatic rings. The molecule has 17 heavy (non-hydrogen) atoms. The second kappa shape index (κ2) is 6.77. The second-order valence-corrected chi connectivity index (χ2v) is 4.70. The van der Waals surface area contributed by atoms with Gasteiger partial charge in [-0.15, -0.1) is 0 Å². The van der Waals surface area contributed by atoms with Crippen LogP contribution in [-0.2, 0) is 0 Å². The molecule has 0 amide bonds. The Morgan fingerprint density at radius 1 is 1.00 bits per heavy atom. The van der Waals surface area contributed by atoms with E-state index < -0.39 is 0 Å². The van der Waals surface area contributed by atoms with E-state index in [4.69, 9.17) is 5.73 Å². The topological polar surface area (TPSA) is 29.3 Å². The minimum Gasteiger partial charge on any atom is -0.330 e. The van der Waals surface area contributed by atoms with E-state index in [9.17, 15) is 0 Å². The van der Waals surface area contributed by atoms with Crippen LogP contribution >= 0.6 is 0 Å². The van der Waals surface area contributed by atoms with E-state index in [0.29, 0.717) is 18.5 Å². The lowest BCUT2D eigenvalue weighted by Crippen LogP contribution is -2.26. The Morgan fingerprint density at radius 2 is 1.47 bits per heavy atom. The van der Waals surface area contributed by atoms with Crippen molar-refractivity contribution in [2.24, 2.45) is 5.73 Å². The van der Waals surface area contributed by atoms with Crippen LogP contribution in [0.5, 0.6) is 0 Å². The van der Waals surface area contributed by atoms with Gasteiger partial charge in [0.2, 0.25) is 0 Å². The number of nitrogens with zero attached hydrogens (tertiary/aromatic N) is 1. The summed E-state index contributed by atoms with van der Waals surface area (Å²) in [6.07, 6.45) is 0. The molecule has 2 N–H and O–H groups in total. The van der Waals surface area contributed by atoms with Gasteiger partial charge in [-0.25, -0.2) is 0 Å². The van der Waals surface area contributed by atoms with Crippen molar-refractivity contribution in [1.29, 1.82) is 0 Å². The molecule has 0 saturated heterocycles. The monoisotopic (exact) mass is 234 g/mol. The van der Waals surface area contributed by atoms with Gasteiger partial charge in [0.25, 0.3) is 0 Å². The standard InChI is InChI=1S/C15H26N2/c1-5-17(6-2)13(4)15-9-7-14(8-10-15)12(3)11-16/h7-10,12-13H,5-6,11,16H2,1-4H3. The molecule has 2 atom stereocenters. The van der Waals surface area contributed by atoms with E-state index in [1.54, 1.807) is 0 Å². The molecule has 0 aliphatic heterocycles. The highest BCUT2D eigenvalue weighted by atomic mass is 15.1. The first-order chi connectivity index (χ1) is 8.13. The van der Waals surface area contributed by atoms with Crippen molar-refractivity contribution in [1.82, 2.24) is 4.90 Å². The zero-order chi connectivity index (χ0) is 12.8. The van der Waals surface area contributed by atoms with Gasteiger partial charge >= 0.3 is 0 Å². The molecule has 0 saturated carbocycles. The highest BCUT2D eigenvalue weighted by Crippen LogP contribution is 2.22. The summed E-state index contributed by atoms with van der Waals surface area (Å²) in [7, 11) is 0. The molecule has 96 valence electrons. The first-order valence-corrected chi connectivity index (χ1v) is 6.67. The minimum atomic E-state index is 0.452. The quantitative estimate of drug-likeness (QED) is 0.819. The summed E-state index contributed by atoms with van der Waals surface area (Å²) < 4.78 is 0. The highest BCUT2D eigenvalue weighted by molar-refractivity contribution is 5.27. The Bertz CT molecular complexity index is 314. The summed E-state index contributed by atoms with van der Waals surface area (Å²) in [4.78, 5) is 2.46. The molecule has 2 heteroatoms. The molecule has 0 spiro atoms. The predicted molar refractivity (Wildman–Crippen MR) is 75.2 cm³/mol. The lowest BCUT2D eigenvalue weighted by molar-refractivity contribution is 0.234. The van der Waals surface area contributed by atoms with Crippen LogP contribution in [-0.4, -0.2) is 24.5 Å². The maximum absolute atomic E-state index is 5.68. The maximum atomic E-state index is 5.68. The van der Waals surface area contributed by atoms with Crippen molar-refractivity contribution in [3.05, 3.63) is 35.4 Å². The van der Waals surface area contributed by atoms with E-state index in [-0.39, 0.29) is 0 Å². The summed E-state index contributed by atoms with van der Waals surface area (Å²) in [6, 6.07) is 9.40. The third kappa shape index (κ3) is 3.55. The maximum Gasteiger partial charge on any atom is 0.0319 e. The van der Waals surface area contributed by atoms with Crippen LogP contribution in [0.1, 0.15) is 50.8 Å². The zero-order valence-electron chi connectivity index (χ0n) is 11.6. The fourth-order valence-electron chi connectivity index (χ4n) is 2.22. The summed E-state index contributed by atoms with van der Waals surface area (Å²) in [5, 5.41) is 0. The third-order valence-electron chi connectivity index (χ3n) is 3.70. The van der Waals surface area contributed by atoms with Crippen LogP contribution in [0.4, 0.5) is 0 Å². The Labute approximate surface area is 106 Å². The normalized spacial score (nSPS) is 14.9. The van der Waals surface area contributed by atoms with E-state index in [1.165, 1.54) is 11.1 Å². The van der Waals surface area contributed by atoms with Gasteiger partial charge in [-0.3, -0.25) is 4.90 Å². The van der Waals surface area contributed by atoms with E-state index >= 15 is 0 Å². The minimum absolute atomic E-state index is 0.452. The largest absolute Gasteiger partial charge is 0.330 e. The van der Waals surface area contributed by atoms with Gasteiger partial charge in [0.1, 0.15) is 0 Å². The molecule has 2 nitrogen and oxygen atoms in total. The Hall–Kier alpha value is -0.860. The lowest BCUT2D eigenvalue weighted by Gasteiger charge is -2.27. The number of hydrogen-bond acceptors (Lipinski definition) is 2. The molecule has 0 radical (unpaired) electrons. The molecule has 1 aromatic carbocycles. The molecule has 0 bridgehead atoms. The van der Waals surface area contributed by atoms with Gasteiger partial charge in [0.15, 0.2) is 0 Å². The molecule has 2 unspecified atom stereocenters. The summed E-state index contributed by atoms with van der Waals surface area (Å²) >= 11 is 0. The average molecular weight is 234 g/mol. The molecule has 1 aromatic rings. The van der Waals surface area contributed by atoms with Gasteiger partial charge in [-0.1, -0.05) is 45.0 Å². The predicted octanol–water partition coefficient (Wildman–Crippen LogP) is 3.15. The van der Waals surface area contributed by atoms with E-state index in [1.807, 2.05) is 0 Å². The first kappa shape index (κ1) is 14.2. The van der Waals surface area contributed by atoms with Gasteiger partial charge in [0, 0.05) is 6.04 Å². The van der Waals surface area contributed by atoms with Crippen molar-refractivity contribution in [3.8, 4) is 0 Å². The van der Waals surface area contributed by atoms with Gasteiger partial charge in [-0.05, 0) is 43.6 Å². The molecular formula is C15H26N2. The van der Waals surface area contributed by atoms with Crippen LogP contribution in [0.3, 0.4) is 0 Å². The molecular weight excluding hydrogens is 208 g/mol.